The Morgan fingerprint density at radius 3 is 1.69 bits per heavy atom. The molecule has 3 nitrogen and oxygen atoms in total. The number of carbonyl (C=O) groups excluding carboxylic acids is 1. The fourth-order valence-electron chi connectivity index (χ4n) is 6.34. The van der Waals surface area contributed by atoms with Crippen LogP contribution in [-0.4, -0.2) is 17.6 Å². The van der Waals surface area contributed by atoms with Gasteiger partial charge in [-0.15, -0.1) is 0 Å². The molecule has 0 heterocycles. The SMILES string of the molecule is CC1(C)CCC(C)(C)c2c1cc1c(c2NC(=O)c2ccc(CCCO)cc2)C(C)(C)CCC1(C)C. The highest BCUT2D eigenvalue weighted by Crippen LogP contribution is 2.56. The lowest BCUT2D eigenvalue weighted by Gasteiger charge is -2.49. The Morgan fingerprint density at radius 2 is 1.23 bits per heavy atom. The molecule has 0 bridgehead atoms. The van der Waals surface area contributed by atoms with Crippen LogP contribution in [0.2, 0.25) is 0 Å². The van der Waals surface area contributed by atoms with Gasteiger partial charge in [0.05, 0.1) is 0 Å². The summed E-state index contributed by atoms with van der Waals surface area (Å²) >= 11 is 0. The number of nitrogens with one attached hydrogen (secondary N) is 1. The maximum absolute atomic E-state index is 13.7. The monoisotopic (exact) mass is 475 g/mol. The van der Waals surface area contributed by atoms with E-state index >= 15 is 0 Å². The number of amides is 1. The van der Waals surface area contributed by atoms with E-state index < -0.39 is 0 Å². The maximum Gasteiger partial charge on any atom is 0.255 e. The van der Waals surface area contributed by atoms with Gasteiger partial charge in [-0.05, 0) is 100 Å². The fourth-order valence-corrected chi connectivity index (χ4v) is 6.34. The van der Waals surface area contributed by atoms with Gasteiger partial charge in [-0.3, -0.25) is 4.79 Å². The molecular formula is C32H45NO2. The number of rotatable bonds is 5. The Bertz CT molecular complexity index is 1060. The number of aryl methyl sites for hydroxylation is 1. The van der Waals surface area contributed by atoms with Crippen molar-refractivity contribution in [2.24, 2.45) is 0 Å². The van der Waals surface area contributed by atoms with Crippen molar-refractivity contribution in [1.82, 2.24) is 0 Å². The molecule has 2 aromatic carbocycles. The first-order valence-electron chi connectivity index (χ1n) is 13.4. The minimum atomic E-state index is -0.0346. The third-order valence-corrected chi connectivity index (χ3v) is 8.97. The Kier molecular flexibility index (Phi) is 6.50. The number of fused-ring (bicyclic) bond motifs is 2. The summed E-state index contributed by atoms with van der Waals surface area (Å²) in [5.74, 6) is -0.0346. The van der Waals surface area contributed by atoms with Gasteiger partial charge in [0.2, 0.25) is 0 Å². The van der Waals surface area contributed by atoms with Crippen molar-refractivity contribution < 1.29 is 9.90 Å². The van der Waals surface area contributed by atoms with E-state index in [4.69, 9.17) is 5.11 Å². The first kappa shape index (κ1) is 25.9. The highest BCUT2D eigenvalue weighted by molar-refractivity contribution is 6.05. The van der Waals surface area contributed by atoms with Crippen molar-refractivity contribution >= 4 is 11.6 Å². The summed E-state index contributed by atoms with van der Waals surface area (Å²) in [6.45, 7) is 19.0. The molecule has 2 aromatic rings. The smallest absolute Gasteiger partial charge is 0.255 e. The molecule has 2 N–H and O–H groups in total. The summed E-state index contributed by atoms with van der Waals surface area (Å²) in [5.41, 5.74) is 8.54. The molecule has 0 fully saturated rings. The molecule has 0 radical (unpaired) electrons. The molecule has 2 aliphatic rings. The van der Waals surface area contributed by atoms with Gasteiger partial charge in [0.25, 0.3) is 5.91 Å². The highest BCUT2D eigenvalue weighted by atomic mass is 16.2. The summed E-state index contributed by atoms with van der Waals surface area (Å²) in [7, 11) is 0. The normalized spacial score (nSPS) is 21.1. The van der Waals surface area contributed by atoms with Crippen LogP contribution in [0.15, 0.2) is 30.3 Å². The Labute approximate surface area is 212 Å². The second-order valence-electron chi connectivity index (χ2n) is 13.6. The van der Waals surface area contributed by atoms with Crippen LogP contribution in [-0.2, 0) is 28.1 Å². The van der Waals surface area contributed by atoms with Gasteiger partial charge >= 0.3 is 0 Å². The zero-order chi connectivity index (χ0) is 25.8. The van der Waals surface area contributed by atoms with Crippen LogP contribution in [0.1, 0.15) is 126 Å². The van der Waals surface area contributed by atoms with Crippen molar-refractivity contribution in [2.45, 2.75) is 116 Å². The van der Waals surface area contributed by atoms with Gasteiger partial charge in [-0.1, -0.05) is 73.6 Å². The lowest BCUT2D eigenvalue weighted by atomic mass is 9.56. The lowest BCUT2D eigenvalue weighted by Crippen LogP contribution is -2.41. The number of aliphatic hydroxyl groups excluding tert-OH is 1. The van der Waals surface area contributed by atoms with Crippen LogP contribution >= 0.6 is 0 Å². The summed E-state index contributed by atoms with van der Waals surface area (Å²) in [6.07, 6.45) is 6.08. The van der Waals surface area contributed by atoms with Crippen LogP contribution < -0.4 is 5.32 Å². The third kappa shape index (κ3) is 4.69. The van der Waals surface area contributed by atoms with Gasteiger partial charge in [-0.25, -0.2) is 0 Å². The van der Waals surface area contributed by atoms with E-state index in [9.17, 15) is 4.79 Å². The van der Waals surface area contributed by atoms with Crippen molar-refractivity contribution in [2.75, 3.05) is 11.9 Å². The lowest BCUT2D eigenvalue weighted by molar-refractivity contribution is 0.102. The summed E-state index contributed by atoms with van der Waals surface area (Å²) in [5, 5.41) is 12.6. The van der Waals surface area contributed by atoms with Crippen LogP contribution in [0.5, 0.6) is 0 Å². The van der Waals surface area contributed by atoms with E-state index in [0.717, 1.165) is 49.8 Å². The molecule has 0 saturated heterocycles. The van der Waals surface area contributed by atoms with Gasteiger partial charge < -0.3 is 10.4 Å². The maximum atomic E-state index is 13.7. The van der Waals surface area contributed by atoms with Crippen LogP contribution in [0.3, 0.4) is 0 Å². The van der Waals surface area contributed by atoms with Crippen molar-refractivity contribution in [1.29, 1.82) is 0 Å². The molecular weight excluding hydrogens is 430 g/mol. The van der Waals surface area contributed by atoms with E-state index in [1.54, 1.807) is 0 Å². The Morgan fingerprint density at radius 1 is 0.771 bits per heavy atom. The quantitative estimate of drug-likeness (QED) is 0.469. The standard InChI is InChI=1S/C32H45NO2/c1-29(2)15-17-31(5,6)25-23(29)20-24-26(32(7,8)18-16-30(24,3)4)27(25)33-28(35)22-13-11-21(12-14-22)10-9-19-34/h11-14,20,34H,9-10,15-19H2,1-8H3,(H,33,35). The number of hydrogen-bond acceptors (Lipinski definition) is 2. The second-order valence-corrected chi connectivity index (χ2v) is 13.6. The van der Waals surface area contributed by atoms with Gasteiger partial charge in [0.15, 0.2) is 0 Å². The average Bonchev–Trinajstić information content (AvgIpc) is 2.78. The summed E-state index contributed by atoms with van der Waals surface area (Å²) in [6, 6.07) is 10.4. The Hall–Kier alpha value is -2.13. The van der Waals surface area contributed by atoms with Gasteiger partial charge in [0.1, 0.15) is 0 Å². The number of hydrogen-bond donors (Lipinski definition) is 2. The Balaban J connectivity index is 1.89. The van der Waals surface area contributed by atoms with Crippen LogP contribution in [0.25, 0.3) is 0 Å². The second kappa shape index (κ2) is 8.76. The van der Waals surface area contributed by atoms with Gasteiger partial charge in [0, 0.05) is 17.9 Å². The minimum Gasteiger partial charge on any atom is -0.396 e. The molecule has 4 rings (SSSR count). The van der Waals surface area contributed by atoms with E-state index in [1.165, 1.54) is 22.3 Å². The minimum absolute atomic E-state index is 0.00564. The number of benzene rings is 2. The predicted molar refractivity (Wildman–Crippen MR) is 147 cm³/mol. The number of aliphatic hydroxyl groups is 1. The summed E-state index contributed by atoms with van der Waals surface area (Å²) in [4.78, 5) is 13.7. The molecule has 35 heavy (non-hydrogen) atoms. The molecule has 0 aromatic heterocycles. The molecule has 1 amide bonds. The fraction of sp³-hybridized carbons (Fsp3) is 0.594. The van der Waals surface area contributed by atoms with E-state index in [2.05, 4.69) is 66.8 Å². The van der Waals surface area contributed by atoms with E-state index in [0.29, 0.717) is 5.56 Å². The zero-order valence-electron chi connectivity index (χ0n) is 23.2. The first-order valence-corrected chi connectivity index (χ1v) is 13.4. The predicted octanol–water partition coefficient (Wildman–Crippen LogP) is 7.56. The zero-order valence-corrected chi connectivity index (χ0v) is 23.2. The van der Waals surface area contributed by atoms with Crippen molar-refractivity contribution in [3.05, 3.63) is 63.7 Å². The van der Waals surface area contributed by atoms with Crippen LogP contribution in [0, 0.1) is 0 Å². The molecule has 0 spiro atoms. The topological polar surface area (TPSA) is 49.3 Å². The average molecular weight is 476 g/mol. The summed E-state index contributed by atoms with van der Waals surface area (Å²) < 4.78 is 0. The molecule has 2 aliphatic carbocycles. The highest BCUT2D eigenvalue weighted by Gasteiger charge is 2.46. The van der Waals surface area contributed by atoms with Gasteiger partial charge in [-0.2, -0.15) is 0 Å². The van der Waals surface area contributed by atoms with E-state index in [-0.39, 0.29) is 34.2 Å². The molecule has 0 atom stereocenters. The molecule has 0 unspecified atom stereocenters. The van der Waals surface area contributed by atoms with E-state index in [1.807, 2.05) is 24.3 Å². The molecule has 3 heteroatoms. The van der Waals surface area contributed by atoms with Crippen molar-refractivity contribution in [3.63, 3.8) is 0 Å². The molecule has 0 saturated carbocycles. The first-order chi connectivity index (χ1) is 16.2. The van der Waals surface area contributed by atoms with Crippen LogP contribution in [0.4, 0.5) is 5.69 Å². The molecule has 0 aliphatic heterocycles. The largest absolute Gasteiger partial charge is 0.396 e. The third-order valence-electron chi connectivity index (χ3n) is 8.97. The van der Waals surface area contributed by atoms with Crippen molar-refractivity contribution in [3.8, 4) is 0 Å². The molecule has 190 valence electrons. The number of anilines is 1. The number of carbonyl (C=O) groups is 1.